The molecule has 1 atom stereocenters. The van der Waals surface area contributed by atoms with Gasteiger partial charge in [0, 0.05) is 6.04 Å². The van der Waals surface area contributed by atoms with Gasteiger partial charge in [-0.1, -0.05) is 12.1 Å². The number of aromatic nitrogens is 3. The molecule has 1 aromatic rings. The molecule has 1 fully saturated rings. The van der Waals surface area contributed by atoms with Crippen molar-refractivity contribution in [3.05, 3.63) is 11.9 Å². The van der Waals surface area contributed by atoms with Gasteiger partial charge in [-0.2, -0.15) is 0 Å². The maximum Gasteiger partial charge on any atom is 0.321 e. The Morgan fingerprint density at radius 2 is 2.32 bits per heavy atom. The second-order valence-electron chi connectivity index (χ2n) is 4.56. The van der Waals surface area contributed by atoms with Gasteiger partial charge in [0.2, 0.25) is 5.91 Å². The smallest absolute Gasteiger partial charge is 0.321 e. The molecule has 1 aromatic heterocycles. The number of aliphatic hydroxyl groups excluding tert-OH is 1. The van der Waals surface area contributed by atoms with Gasteiger partial charge in [0.15, 0.2) is 0 Å². The molecule has 19 heavy (non-hydrogen) atoms. The molecule has 8 heteroatoms. The molecule has 1 aliphatic rings. The van der Waals surface area contributed by atoms with Gasteiger partial charge in [-0.3, -0.25) is 10.1 Å². The Hall–Kier alpha value is -1.96. The molecule has 1 heterocycles. The standard InChI is InChI=1S/C11H17N5O3/c1-2-9(17)8-5-16(15-14-8)6-10(18)13-11(19)12-7-3-4-7/h5,7,9,17H,2-4,6H2,1H3,(H2,12,13,18,19). The first-order valence-corrected chi connectivity index (χ1v) is 6.27. The summed E-state index contributed by atoms with van der Waals surface area (Å²) >= 11 is 0. The Balaban J connectivity index is 1.80. The van der Waals surface area contributed by atoms with E-state index in [1.807, 2.05) is 6.92 Å². The van der Waals surface area contributed by atoms with Gasteiger partial charge in [-0.05, 0) is 19.3 Å². The summed E-state index contributed by atoms with van der Waals surface area (Å²) in [6.07, 6.45) is 3.25. The minimum absolute atomic E-state index is 0.110. The van der Waals surface area contributed by atoms with Crippen LogP contribution in [-0.2, 0) is 11.3 Å². The predicted molar refractivity (Wildman–Crippen MR) is 65.0 cm³/mol. The average Bonchev–Trinajstić information content (AvgIpc) is 3.04. The highest BCUT2D eigenvalue weighted by Crippen LogP contribution is 2.18. The molecule has 3 amide bonds. The number of nitrogens with one attached hydrogen (secondary N) is 2. The lowest BCUT2D eigenvalue weighted by atomic mass is 10.2. The van der Waals surface area contributed by atoms with Gasteiger partial charge in [0.05, 0.1) is 12.3 Å². The van der Waals surface area contributed by atoms with Crippen molar-refractivity contribution in [2.24, 2.45) is 0 Å². The molecule has 1 saturated carbocycles. The van der Waals surface area contributed by atoms with Gasteiger partial charge >= 0.3 is 6.03 Å². The molecular formula is C11H17N5O3. The Bertz CT molecular complexity index is 469. The predicted octanol–water partition coefficient (Wildman–Crippen LogP) is -0.290. The van der Waals surface area contributed by atoms with Crippen LogP contribution < -0.4 is 10.6 Å². The van der Waals surface area contributed by atoms with E-state index in [0.29, 0.717) is 12.1 Å². The molecule has 0 spiro atoms. The molecule has 3 N–H and O–H groups in total. The van der Waals surface area contributed by atoms with Crippen LogP contribution in [-0.4, -0.2) is 38.1 Å². The number of imide groups is 1. The van der Waals surface area contributed by atoms with E-state index < -0.39 is 18.0 Å². The van der Waals surface area contributed by atoms with Crippen LogP contribution in [0.5, 0.6) is 0 Å². The first kappa shape index (κ1) is 13.5. The van der Waals surface area contributed by atoms with Gasteiger partial charge in [-0.25, -0.2) is 9.48 Å². The zero-order valence-corrected chi connectivity index (χ0v) is 10.7. The van der Waals surface area contributed by atoms with Gasteiger partial charge in [0.1, 0.15) is 12.2 Å². The number of hydrogen-bond acceptors (Lipinski definition) is 5. The van der Waals surface area contributed by atoms with E-state index in [1.165, 1.54) is 10.9 Å². The summed E-state index contributed by atoms with van der Waals surface area (Å²) in [4.78, 5) is 22.9. The lowest BCUT2D eigenvalue weighted by molar-refractivity contribution is -0.120. The Labute approximate surface area is 110 Å². The zero-order valence-electron chi connectivity index (χ0n) is 10.7. The quantitative estimate of drug-likeness (QED) is 0.679. The van der Waals surface area contributed by atoms with Crippen LogP contribution in [0, 0.1) is 0 Å². The van der Waals surface area contributed by atoms with Crippen molar-refractivity contribution in [2.45, 2.75) is 44.9 Å². The monoisotopic (exact) mass is 267 g/mol. The van der Waals surface area contributed by atoms with Crippen molar-refractivity contribution in [1.29, 1.82) is 0 Å². The summed E-state index contributed by atoms with van der Waals surface area (Å²) in [6.45, 7) is 1.71. The van der Waals surface area contributed by atoms with Crippen LogP contribution in [0.2, 0.25) is 0 Å². The maximum absolute atomic E-state index is 11.6. The molecule has 0 aromatic carbocycles. The molecule has 1 unspecified atom stereocenters. The van der Waals surface area contributed by atoms with Crippen LogP contribution in [0.1, 0.15) is 38.0 Å². The highest BCUT2D eigenvalue weighted by Gasteiger charge is 2.24. The topological polar surface area (TPSA) is 109 Å². The van der Waals surface area contributed by atoms with Crippen LogP contribution in [0.4, 0.5) is 4.79 Å². The number of carbonyl (C=O) groups is 2. The fourth-order valence-electron chi connectivity index (χ4n) is 1.51. The van der Waals surface area contributed by atoms with Crippen LogP contribution >= 0.6 is 0 Å². The second kappa shape index (κ2) is 5.79. The third kappa shape index (κ3) is 4.02. The molecule has 2 rings (SSSR count). The fourth-order valence-corrected chi connectivity index (χ4v) is 1.51. The molecule has 0 radical (unpaired) electrons. The molecule has 0 saturated heterocycles. The van der Waals surface area contributed by atoms with E-state index >= 15 is 0 Å². The highest BCUT2D eigenvalue weighted by atomic mass is 16.3. The summed E-state index contributed by atoms with van der Waals surface area (Å²) in [6, 6.07) is -0.285. The van der Waals surface area contributed by atoms with Crippen molar-refractivity contribution >= 4 is 11.9 Å². The number of aliphatic hydroxyl groups is 1. The normalized spacial score (nSPS) is 15.9. The van der Waals surface area contributed by atoms with E-state index in [0.717, 1.165) is 12.8 Å². The summed E-state index contributed by atoms with van der Waals surface area (Å²) in [5, 5.41) is 21.9. The fraction of sp³-hybridized carbons (Fsp3) is 0.636. The number of hydrogen-bond donors (Lipinski definition) is 3. The zero-order chi connectivity index (χ0) is 13.8. The van der Waals surface area contributed by atoms with Gasteiger partial charge in [0.25, 0.3) is 0 Å². The summed E-state index contributed by atoms with van der Waals surface area (Å²) in [5.74, 6) is -0.472. The lowest BCUT2D eigenvalue weighted by Crippen LogP contribution is -2.41. The number of amides is 3. The van der Waals surface area contributed by atoms with E-state index in [4.69, 9.17) is 0 Å². The highest BCUT2D eigenvalue weighted by molar-refractivity contribution is 5.94. The minimum Gasteiger partial charge on any atom is -0.387 e. The van der Waals surface area contributed by atoms with Gasteiger partial charge in [-0.15, -0.1) is 5.10 Å². The molecule has 8 nitrogen and oxygen atoms in total. The van der Waals surface area contributed by atoms with E-state index in [9.17, 15) is 14.7 Å². The average molecular weight is 267 g/mol. The maximum atomic E-state index is 11.6. The number of carbonyl (C=O) groups excluding carboxylic acids is 2. The molecule has 0 bridgehead atoms. The van der Waals surface area contributed by atoms with Crippen molar-refractivity contribution in [3.8, 4) is 0 Å². The number of nitrogens with zero attached hydrogens (tertiary/aromatic N) is 3. The van der Waals surface area contributed by atoms with Crippen molar-refractivity contribution in [2.75, 3.05) is 0 Å². The summed E-state index contributed by atoms with van der Waals surface area (Å²) in [7, 11) is 0. The SMILES string of the molecule is CCC(O)c1cn(CC(=O)NC(=O)NC2CC2)nn1. The Kier molecular flexibility index (Phi) is 4.10. The van der Waals surface area contributed by atoms with E-state index in [-0.39, 0.29) is 12.6 Å². The lowest BCUT2D eigenvalue weighted by Gasteiger charge is -2.05. The van der Waals surface area contributed by atoms with Crippen molar-refractivity contribution < 1.29 is 14.7 Å². The third-order valence-electron chi connectivity index (χ3n) is 2.76. The third-order valence-corrected chi connectivity index (χ3v) is 2.76. The minimum atomic E-state index is -0.685. The van der Waals surface area contributed by atoms with E-state index in [2.05, 4.69) is 20.9 Å². The van der Waals surface area contributed by atoms with E-state index in [1.54, 1.807) is 0 Å². The first-order valence-electron chi connectivity index (χ1n) is 6.27. The molecule has 104 valence electrons. The molecule has 1 aliphatic carbocycles. The first-order chi connectivity index (χ1) is 9.08. The summed E-state index contributed by atoms with van der Waals surface area (Å²) in [5.41, 5.74) is 0.415. The van der Waals surface area contributed by atoms with Crippen LogP contribution in [0.3, 0.4) is 0 Å². The number of rotatable bonds is 5. The number of urea groups is 1. The van der Waals surface area contributed by atoms with Crippen LogP contribution in [0.25, 0.3) is 0 Å². The second-order valence-corrected chi connectivity index (χ2v) is 4.56. The summed E-state index contributed by atoms with van der Waals surface area (Å²) < 4.78 is 1.29. The molecular weight excluding hydrogens is 250 g/mol. The largest absolute Gasteiger partial charge is 0.387 e. The van der Waals surface area contributed by atoms with Crippen molar-refractivity contribution in [3.63, 3.8) is 0 Å². The molecule has 0 aliphatic heterocycles. The Morgan fingerprint density at radius 1 is 1.58 bits per heavy atom. The van der Waals surface area contributed by atoms with Gasteiger partial charge < -0.3 is 10.4 Å². The van der Waals surface area contributed by atoms with Crippen LogP contribution in [0.15, 0.2) is 6.20 Å². The van der Waals surface area contributed by atoms with Crippen molar-refractivity contribution in [1.82, 2.24) is 25.6 Å². The Morgan fingerprint density at radius 3 is 2.95 bits per heavy atom.